The Labute approximate surface area is 124 Å². The summed E-state index contributed by atoms with van der Waals surface area (Å²) in [5, 5.41) is 16.9. The van der Waals surface area contributed by atoms with Crippen LogP contribution in [0.1, 0.15) is 35.4 Å². The number of nitrogens with one attached hydrogen (secondary N) is 1. The zero-order chi connectivity index (χ0) is 14.7. The molecule has 0 saturated carbocycles. The highest BCUT2D eigenvalue weighted by Crippen LogP contribution is 2.24. The fraction of sp³-hybridized carbons (Fsp3) is 0.438. The van der Waals surface area contributed by atoms with Gasteiger partial charge in [-0.1, -0.05) is 0 Å². The summed E-state index contributed by atoms with van der Waals surface area (Å²) in [7, 11) is 1.91. The van der Waals surface area contributed by atoms with E-state index >= 15 is 0 Å². The first-order valence-electron chi connectivity index (χ1n) is 7.41. The van der Waals surface area contributed by atoms with Crippen LogP contribution in [0.25, 0.3) is 0 Å². The number of nitrogens with zero attached hydrogens (tertiary/aromatic N) is 4. The normalized spacial score (nSPS) is 13.5. The summed E-state index contributed by atoms with van der Waals surface area (Å²) in [6.07, 6.45) is 7.23. The number of hydrogen-bond donors (Lipinski definition) is 1. The van der Waals surface area contributed by atoms with Crippen LogP contribution in [-0.2, 0) is 26.3 Å². The van der Waals surface area contributed by atoms with Gasteiger partial charge in [0, 0.05) is 31.9 Å². The average molecular weight is 281 g/mol. The summed E-state index contributed by atoms with van der Waals surface area (Å²) in [5.41, 5.74) is 4.09. The molecule has 108 valence electrons. The van der Waals surface area contributed by atoms with E-state index in [-0.39, 0.29) is 0 Å². The van der Waals surface area contributed by atoms with Gasteiger partial charge in [0.05, 0.1) is 11.3 Å². The van der Waals surface area contributed by atoms with Gasteiger partial charge >= 0.3 is 0 Å². The maximum Gasteiger partial charge on any atom is 0.144 e. The van der Waals surface area contributed by atoms with Crippen LogP contribution in [0, 0.1) is 11.3 Å². The fourth-order valence-electron chi connectivity index (χ4n) is 2.76. The van der Waals surface area contributed by atoms with E-state index in [1.165, 1.54) is 18.4 Å². The molecule has 0 unspecified atom stereocenters. The smallest absolute Gasteiger partial charge is 0.144 e. The Bertz CT molecular complexity index is 680. The number of pyridine rings is 1. The molecule has 0 aliphatic heterocycles. The molecular formula is C16H19N5. The maximum absolute atomic E-state index is 9.29. The first-order chi connectivity index (χ1) is 10.3. The zero-order valence-corrected chi connectivity index (χ0v) is 12.3. The highest BCUT2D eigenvalue weighted by atomic mass is 15.2. The largest absolute Gasteiger partial charge is 0.369 e. The van der Waals surface area contributed by atoms with Gasteiger partial charge in [-0.15, -0.1) is 0 Å². The number of hydrogen-bond acceptors (Lipinski definition) is 4. The molecular weight excluding hydrogens is 262 g/mol. The highest BCUT2D eigenvalue weighted by Gasteiger charge is 2.14. The zero-order valence-electron chi connectivity index (χ0n) is 12.3. The summed E-state index contributed by atoms with van der Waals surface area (Å²) in [6, 6.07) is 6.27. The van der Waals surface area contributed by atoms with E-state index in [4.69, 9.17) is 0 Å². The van der Waals surface area contributed by atoms with Crippen molar-refractivity contribution in [3.05, 3.63) is 40.8 Å². The molecule has 21 heavy (non-hydrogen) atoms. The molecule has 3 rings (SSSR count). The van der Waals surface area contributed by atoms with Crippen molar-refractivity contribution >= 4 is 5.82 Å². The van der Waals surface area contributed by atoms with Crippen LogP contribution in [0.4, 0.5) is 5.82 Å². The summed E-state index contributed by atoms with van der Waals surface area (Å²) in [6.45, 7) is 0.734. The average Bonchev–Trinajstić information content (AvgIpc) is 2.92. The molecule has 2 aromatic rings. The van der Waals surface area contributed by atoms with Crippen LogP contribution in [0.3, 0.4) is 0 Å². The summed E-state index contributed by atoms with van der Waals surface area (Å²) in [4.78, 5) is 4.66. The molecule has 0 bridgehead atoms. The van der Waals surface area contributed by atoms with E-state index in [9.17, 15) is 5.26 Å². The lowest BCUT2D eigenvalue weighted by molar-refractivity contribution is 0.668. The third-order valence-corrected chi connectivity index (χ3v) is 3.86. The van der Waals surface area contributed by atoms with Gasteiger partial charge in [0.2, 0.25) is 0 Å². The predicted molar refractivity (Wildman–Crippen MR) is 81.0 cm³/mol. The second-order valence-corrected chi connectivity index (χ2v) is 5.47. The number of nitriles is 1. The van der Waals surface area contributed by atoms with E-state index in [0.29, 0.717) is 11.4 Å². The number of aryl methyl sites for hydroxylation is 3. The quantitative estimate of drug-likeness (QED) is 0.933. The molecule has 2 aromatic heterocycles. The number of fused-ring (bicyclic) bond motifs is 1. The first kappa shape index (κ1) is 13.6. The Kier molecular flexibility index (Phi) is 3.87. The van der Waals surface area contributed by atoms with Gasteiger partial charge in [0.1, 0.15) is 11.9 Å². The molecule has 0 atom stereocenters. The van der Waals surface area contributed by atoms with E-state index in [2.05, 4.69) is 21.5 Å². The minimum atomic E-state index is 0.650. The van der Waals surface area contributed by atoms with Gasteiger partial charge in [-0.3, -0.25) is 4.68 Å². The Balaban J connectivity index is 1.71. The standard InChI is InChI=1S/C16H19N5/c1-21-9-7-14(20-21)6-8-18-16-13(11-17)10-12-4-2-3-5-15(12)19-16/h7,9-10H,2-6,8H2,1H3,(H,18,19). The summed E-state index contributed by atoms with van der Waals surface area (Å²) >= 11 is 0. The predicted octanol–water partition coefficient (Wildman–Crippen LogP) is 2.22. The number of anilines is 1. The fourth-order valence-corrected chi connectivity index (χ4v) is 2.76. The third-order valence-electron chi connectivity index (χ3n) is 3.86. The molecule has 5 nitrogen and oxygen atoms in total. The van der Waals surface area contributed by atoms with Gasteiger partial charge < -0.3 is 5.32 Å². The van der Waals surface area contributed by atoms with Gasteiger partial charge in [-0.2, -0.15) is 10.4 Å². The second kappa shape index (κ2) is 5.96. The Morgan fingerprint density at radius 2 is 2.24 bits per heavy atom. The Morgan fingerprint density at radius 3 is 3.00 bits per heavy atom. The molecule has 0 radical (unpaired) electrons. The number of aromatic nitrogens is 3. The van der Waals surface area contributed by atoms with Crippen molar-refractivity contribution in [3.63, 3.8) is 0 Å². The molecule has 2 heterocycles. The van der Waals surface area contributed by atoms with E-state index < -0.39 is 0 Å². The van der Waals surface area contributed by atoms with Crippen molar-refractivity contribution in [2.45, 2.75) is 32.1 Å². The molecule has 1 aliphatic rings. The Morgan fingerprint density at radius 1 is 1.38 bits per heavy atom. The van der Waals surface area contributed by atoms with Crippen LogP contribution in [0.2, 0.25) is 0 Å². The maximum atomic E-state index is 9.29. The molecule has 0 amide bonds. The lowest BCUT2D eigenvalue weighted by Crippen LogP contribution is -2.12. The lowest BCUT2D eigenvalue weighted by Gasteiger charge is -2.17. The van der Waals surface area contributed by atoms with Gasteiger partial charge in [-0.05, 0) is 43.4 Å². The van der Waals surface area contributed by atoms with E-state index in [1.807, 2.05) is 25.4 Å². The summed E-state index contributed by atoms with van der Waals surface area (Å²) in [5.74, 6) is 0.717. The first-order valence-corrected chi connectivity index (χ1v) is 7.41. The molecule has 1 N–H and O–H groups in total. The monoisotopic (exact) mass is 281 g/mol. The molecule has 1 aliphatic carbocycles. The molecule has 5 heteroatoms. The van der Waals surface area contributed by atoms with Crippen molar-refractivity contribution in [1.82, 2.24) is 14.8 Å². The minimum absolute atomic E-state index is 0.650. The van der Waals surface area contributed by atoms with Crippen LogP contribution < -0.4 is 5.32 Å². The van der Waals surface area contributed by atoms with E-state index in [0.717, 1.165) is 37.2 Å². The van der Waals surface area contributed by atoms with Crippen molar-refractivity contribution in [3.8, 4) is 6.07 Å². The second-order valence-electron chi connectivity index (χ2n) is 5.47. The van der Waals surface area contributed by atoms with Crippen molar-refractivity contribution in [2.24, 2.45) is 7.05 Å². The molecule has 0 fully saturated rings. The van der Waals surface area contributed by atoms with Crippen LogP contribution in [0.5, 0.6) is 0 Å². The molecule has 0 spiro atoms. The summed E-state index contributed by atoms with van der Waals surface area (Å²) < 4.78 is 1.80. The van der Waals surface area contributed by atoms with Crippen LogP contribution >= 0.6 is 0 Å². The van der Waals surface area contributed by atoms with Gasteiger partial charge in [0.25, 0.3) is 0 Å². The Hall–Kier alpha value is -2.35. The highest BCUT2D eigenvalue weighted by molar-refractivity contribution is 5.54. The molecule has 0 saturated heterocycles. The van der Waals surface area contributed by atoms with Gasteiger partial charge in [-0.25, -0.2) is 4.98 Å². The third kappa shape index (κ3) is 3.05. The van der Waals surface area contributed by atoms with Crippen molar-refractivity contribution in [2.75, 3.05) is 11.9 Å². The van der Waals surface area contributed by atoms with Crippen molar-refractivity contribution < 1.29 is 0 Å². The van der Waals surface area contributed by atoms with Crippen molar-refractivity contribution in [1.29, 1.82) is 5.26 Å². The minimum Gasteiger partial charge on any atom is -0.369 e. The molecule has 0 aromatic carbocycles. The van der Waals surface area contributed by atoms with Gasteiger partial charge in [0.15, 0.2) is 0 Å². The topological polar surface area (TPSA) is 66.5 Å². The lowest BCUT2D eigenvalue weighted by atomic mass is 9.95. The van der Waals surface area contributed by atoms with E-state index in [1.54, 1.807) is 4.68 Å². The van der Waals surface area contributed by atoms with Crippen LogP contribution in [-0.4, -0.2) is 21.3 Å². The number of rotatable bonds is 4. The van der Waals surface area contributed by atoms with Crippen LogP contribution in [0.15, 0.2) is 18.3 Å². The SMILES string of the molecule is Cn1ccc(CCNc2nc3c(cc2C#N)CCCC3)n1.